The molecule has 0 bridgehead atoms. The van der Waals surface area contributed by atoms with Crippen LogP contribution in [0.5, 0.6) is 0 Å². The van der Waals surface area contributed by atoms with Crippen LogP contribution in [0, 0.1) is 19.7 Å². The maximum Gasteiger partial charge on any atom is 0.226 e. The van der Waals surface area contributed by atoms with Gasteiger partial charge in [-0.3, -0.25) is 9.78 Å². The number of amides is 1. The highest BCUT2D eigenvalue weighted by atomic mass is 35.5. The number of pyridine rings is 1. The van der Waals surface area contributed by atoms with Crippen molar-refractivity contribution in [2.24, 2.45) is 0 Å². The summed E-state index contributed by atoms with van der Waals surface area (Å²) in [6.07, 6.45) is 1.90. The van der Waals surface area contributed by atoms with Crippen LogP contribution in [0.15, 0.2) is 79.0 Å². The lowest BCUT2D eigenvalue weighted by atomic mass is 9.96. The highest BCUT2D eigenvalue weighted by Gasteiger charge is 2.41. The van der Waals surface area contributed by atoms with E-state index >= 15 is 0 Å². The van der Waals surface area contributed by atoms with Crippen LogP contribution in [0.4, 0.5) is 10.1 Å². The summed E-state index contributed by atoms with van der Waals surface area (Å²) in [5.41, 5.74) is 5.23. The number of nitrogens with zero attached hydrogens (tertiary/aromatic N) is 3. The summed E-state index contributed by atoms with van der Waals surface area (Å²) in [6, 6.07) is 21.4. The van der Waals surface area contributed by atoms with E-state index in [1.54, 1.807) is 24.4 Å². The van der Waals surface area contributed by atoms with Crippen LogP contribution < -0.4 is 10.6 Å². The fraction of sp³-hybridized carbons (Fsp3) is 0.207. The van der Waals surface area contributed by atoms with Crippen LogP contribution in [0.2, 0.25) is 5.02 Å². The summed E-state index contributed by atoms with van der Waals surface area (Å²) in [6.45, 7) is 4.50. The molecule has 3 heterocycles. The van der Waals surface area contributed by atoms with Gasteiger partial charge in [0.05, 0.1) is 23.5 Å². The zero-order valence-electron chi connectivity index (χ0n) is 21.0. The van der Waals surface area contributed by atoms with Crippen molar-refractivity contribution in [2.75, 3.05) is 11.9 Å². The molecule has 6 nitrogen and oxygen atoms in total. The predicted octanol–water partition coefficient (Wildman–Crippen LogP) is 6.28. The third kappa shape index (κ3) is 5.14. The predicted molar refractivity (Wildman–Crippen MR) is 152 cm³/mol. The van der Waals surface area contributed by atoms with E-state index in [-0.39, 0.29) is 30.1 Å². The first-order valence-corrected chi connectivity index (χ1v) is 13.1. The molecular formula is C29H27ClFN5OS. The summed E-state index contributed by atoms with van der Waals surface area (Å²) < 4.78 is 16.2. The molecule has 0 spiro atoms. The second-order valence-electron chi connectivity index (χ2n) is 9.24. The van der Waals surface area contributed by atoms with Crippen LogP contribution in [-0.4, -0.2) is 32.0 Å². The van der Waals surface area contributed by atoms with E-state index in [4.69, 9.17) is 23.8 Å². The Morgan fingerprint density at radius 1 is 1.11 bits per heavy atom. The van der Waals surface area contributed by atoms with Crippen LogP contribution in [0.25, 0.3) is 5.69 Å². The number of aryl methyl sites for hydroxylation is 1. The van der Waals surface area contributed by atoms with Crippen molar-refractivity contribution in [3.63, 3.8) is 0 Å². The molecule has 38 heavy (non-hydrogen) atoms. The molecular weight excluding hydrogens is 521 g/mol. The molecule has 4 aromatic rings. The fourth-order valence-corrected chi connectivity index (χ4v) is 5.51. The third-order valence-corrected chi connectivity index (χ3v) is 7.40. The van der Waals surface area contributed by atoms with Crippen LogP contribution in [0.3, 0.4) is 0 Å². The minimum atomic E-state index is -0.470. The summed E-state index contributed by atoms with van der Waals surface area (Å²) in [5.74, 6) is -0.758. The number of nitrogens with one attached hydrogen (secondary N) is 2. The quantitative estimate of drug-likeness (QED) is 0.267. The van der Waals surface area contributed by atoms with Gasteiger partial charge in [0.25, 0.3) is 0 Å². The molecule has 2 atom stereocenters. The van der Waals surface area contributed by atoms with Gasteiger partial charge in [-0.1, -0.05) is 29.8 Å². The molecule has 2 N–H and O–H groups in total. The lowest BCUT2D eigenvalue weighted by molar-refractivity contribution is -0.116. The fourth-order valence-electron chi connectivity index (χ4n) is 5.06. The SMILES string of the molecule is Cc1cc([C@@H]2[C@H](c3ccccn3)NC(=S)N2CCC(=O)Nc2ccccc2F)c(C)n1-c1ccc(Cl)cc1. The number of anilines is 1. The maximum atomic E-state index is 14.0. The minimum Gasteiger partial charge on any atom is -0.352 e. The molecule has 1 saturated heterocycles. The van der Waals surface area contributed by atoms with E-state index in [0.717, 1.165) is 28.3 Å². The summed E-state index contributed by atoms with van der Waals surface area (Å²) >= 11 is 11.9. The number of rotatable bonds is 7. The zero-order chi connectivity index (χ0) is 26.8. The number of benzene rings is 2. The average molecular weight is 548 g/mol. The van der Waals surface area contributed by atoms with Gasteiger partial charge in [-0.15, -0.1) is 0 Å². The molecule has 5 rings (SSSR count). The Morgan fingerprint density at radius 2 is 1.84 bits per heavy atom. The molecule has 0 unspecified atom stereocenters. The molecule has 194 valence electrons. The molecule has 2 aromatic heterocycles. The van der Waals surface area contributed by atoms with E-state index in [0.29, 0.717) is 16.7 Å². The first kappa shape index (κ1) is 25.9. The Bertz CT molecular complexity index is 1470. The van der Waals surface area contributed by atoms with Crippen molar-refractivity contribution in [2.45, 2.75) is 32.4 Å². The lowest BCUT2D eigenvalue weighted by Crippen LogP contribution is -2.33. The normalized spacial score (nSPS) is 16.9. The highest BCUT2D eigenvalue weighted by Crippen LogP contribution is 2.41. The number of para-hydroxylation sites is 1. The van der Waals surface area contributed by atoms with Crippen molar-refractivity contribution in [1.29, 1.82) is 0 Å². The Balaban J connectivity index is 1.47. The van der Waals surface area contributed by atoms with Gasteiger partial charge in [0.1, 0.15) is 5.82 Å². The lowest BCUT2D eigenvalue weighted by Gasteiger charge is -2.28. The zero-order valence-corrected chi connectivity index (χ0v) is 22.6. The van der Waals surface area contributed by atoms with Crippen molar-refractivity contribution >= 4 is 40.5 Å². The molecule has 1 aliphatic rings. The number of hydrogen-bond acceptors (Lipinski definition) is 3. The monoisotopic (exact) mass is 547 g/mol. The average Bonchev–Trinajstić information content (AvgIpc) is 3.39. The smallest absolute Gasteiger partial charge is 0.226 e. The first-order chi connectivity index (χ1) is 18.3. The van der Waals surface area contributed by atoms with Crippen molar-refractivity contribution in [3.8, 4) is 5.69 Å². The maximum absolute atomic E-state index is 14.0. The van der Waals surface area contributed by atoms with Crippen molar-refractivity contribution in [3.05, 3.63) is 112 Å². The van der Waals surface area contributed by atoms with Crippen molar-refractivity contribution in [1.82, 2.24) is 19.8 Å². The molecule has 1 aliphatic heterocycles. The molecule has 9 heteroatoms. The molecule has 0 saturated carbocycles. The van der Waals surface area contributed by atoms with E-state index in [1.807, 2.05) is 47.4 Å². The largest absolute Gasteiger partial charge is 0.352 e. The molecule has 0 radical (unpaired) electrons. The van der Waals surface area contributed by atoms with Gasteiger partial charge in [-0.2, -0.15) is 0 Å². The van der Waals surface area contributed by atoms with E-state index < -0.39 is 5.82 Å². The standard InChI is InChI=1S/C29H27ClFN5OS/c1-18-17-22(19(2)36(18)21-12-10-20(30)11-13-21)28-27(25-9-5-6-15-32-25)34-29(38)35(28)16-14-26(37)33-24-8-4-3-7-23(24)31/h3-13,15,17,27-28H,14,16H2,1-2H3,(H,33,37)(H,34,38)/t27-,28+/m0/s1. The number of hydrogen-bond donors (Lipinski definition) is 2. The van der Waals surface area contributed by atoms with E-state index in [1.165, 1.54) is 6.07 Å². The number of aromatic nitrogens is 2. The number of carbonyl (C=O) groups excluding carboxylic acids is 1. The molecule has 1 amide bonds. The molecule has 1 fully saturated rings. The number of thiocarbonyl (C=S) groups is 1. The van der Waals surface area contributed by atoms with Gasteiger partial charge in [0.15, 0.2) is 5.11 Å². The van der Waals surface area contributed by atoms with Crippen LogP contribution >= 0.6 is 23.8 Å². The Kier molecular flexibility index (Phi) is 7.44. The molecule has 0 aliphatic carbocycles. The minimum absolute atomic E-state index is 0.136. The number of carbonyl (C=O) groups is 1. The summed E-state index contributed by atoms with van der Waals surface area (Å²) in [4.78, 5) is 19.4. The first-order valence-electron chi connectivity index (χ1n) is 12.3. The Hall–Kier alpha value is -3.75. The molecule has 2 aromatic carbocycles. The highest BCUT2D eigenvalue weighted by molar-refractivity contribution is 7.80. The van der Waals surface area contributed by atoms with E-state index in [2.05, 4.69) is 40.1 Å². The summed E-state index contributed by atoms with van der Waals surface area (Å²) in [5, 5.41) is 7.32. The van der Waals surface area contributed by atoms with Gasteiger partial charge >= 0.3 is 0 Å². The van der Waals surface area contributed by atoms with Crippen molar-refractivity contribution < 1.29 is 9.18 Å². The van der Waals surface area contributed by atoms with Gasteiger partial charge in [0, 0.05) is 41.3 Å². The van der Waals surface area contributed by atoms with Gasteiger partial charge < -0.3 is 20.1 Å². The van der Waals surface area contributed by atoms with Gasteiger partial charge in [-0.25, -0.2) is 4.39 Å². The Morgan fingerprint density at radius 3 is 2.55 bits per heavy atom. The van der Waals surface area contributed by atoms with Gasteiger partial charge in [-0.05, 0) is 86.2 Å². The van der Waals surface area contributed by atoms with E-state index in [9.17, 15) is 9.18 Å². The summed E-state index contributed by atoms with van der Waals surface area (Å²) in [7, 11) is 0. The second-order valence-corrected chi connectivity index (χ2v) is 10.1. The van der Waals surface area contributed by atoms with Crippen LogP contribution in [0.1, 0.15) is 41.1 Å². The third-order valence-electron chi connectivity index (χ3n) is 6.80. The Labute approximate surface area is 231 Å². The topological polar surface area (TPSA) is 62.2 Å². The van der Waals surface area contributed by atoms with Crippen LogP contribution in [-0.2, 0) is 4.79 Å². The number of halogens is 2. The second kappa shape index (κ2) is 10.9. The van der Waals surface area contributed by atoms with Gasteiger partial charge in [0.2, 0.25) is 5.91 Å².